The Bertz CT molecular complexity index is 506. The van der Waals surface area contributed by atoms with Crippen LogP contribution in [0, 0.1) is 10.1 Å². The number of halogens is 3. The highest BCUT2D eigenvalue weighted by molar-refractivity contribution is 5.58. The molecule has 1 unspecified atom stereocenters. The minimum absolute atomic E-state index is 0.0542. The summed E-state index contributed by atoms with van der Waals surface area (Å²) in [7, 11) is 0. The molecule has 0 bridgehead atoms. The van der Waals surface area contributed by atoms with Crippen LogP contribution in [0.4, 0.5) is 24.5 Å². The number of benzene rings is 1. The van der Waals surface area contributed by atoms with Gasteiger partial charge >= 0.3 is 11.9 Å². The number of aliphatic hydroxyl groups is 1. The molecule has 0 radical (unpaired) electrons. The van der Waals surface area contributed by atoms with Crippen molar-refractivity contribution in [3.63, 3.8) is 0 Å². The highest BCUT2D eigenvalue weighted by Gasteiger charge is 2.37. The van der Waals surface area contributed by atoms with Crippen LogP contribution in [0.3, 0.4) is 0 Å². The minimum Gasteiger partial charge on any atom is -0.484 e. The molecule has 1 atom stereocenters. The maximum Gasteiger partial charge on any atom is 0.416 e. The normalized spacial score (nSPS) is 13.1. The first kappa shape index (κ1) is 17.0. The van der Waals surface area contributed by atoms with Crippen molar-refractivity contribution in [2.45, 2.75) is 32.2 Å². The Morgan fingerprint density at radius 3 is 2.52 bits per heavy atom. The number of alkyl halides is 3. The number of rotatable bonds is 6. The lowest BCUT2D eigenvalue weighted by atomic mass is 10.2. The lowest BCUT2D eigenvalue weighted by Gasteiger charge is -2.16. The van der Waals surface area contributed by atoms with Gasteiger partial charge in [0.25, 0.3) is 0 Å². The third-order valence-electron chi connectivity index (χ3n) is 2.40. The summed E-state index contributed by atoms with van der Waals surface area (Å²) in [5, 5.41) is 22.1. The molecule has 9 heteroatoms. The zero-order valence-electron chi connectivity index (χ0n) is 11.3. The number of ether oxygens (including phenoxy) is 1. The molecule has 0 aromatic heterocycles. The van der Waals surface area contributed by atoms with E-state index in [0.29, 0.717) is 0 Å². The molecule has 0 spiro atoms. The summed E-state index contributed by atoms with van der Waals surface area (Å²) >= 11 is 0. The van der Waals surface area contributed by atoms with E-state index in [0.717, 1.165) is 6.07 Å². The van der Waals surface area contributed by atoms with E-state index in [9.17, 15) is 23.3 Å². The Kier molecular flexibility index (Phi) is 5.36. The molecule has 1 aromatic rings. The Labute approximate surface area is 118 Å². The number of nitro groups is 1. The van der Waals surface area contributed by atoms with Crippen molar-refractivity contribution in [1.29, 1.82) is 0 Å². The Balaban J connectivity index is 2.87. The number of aliphatic hydroxyl groups excluding tert-OH is 1. The van der Waals surface area contributed by atoms with Gasteiger partial charge in [-0.15, -0.1) is 0 Å². The number of nitrogens with one attached hydrogen (secondary N) is 1. The second kappa shape index (κ2) is 6.61. The average Bonchev–Trinajstić information content (AvgIpc) is 2.33. The third-order valence-corrected chi connectivity index (χ3v) is 2.40. The predicted molar refractivity (Wildman–Crippen MR) is 69.4 cm³/mol. The van der Waals surface area contributed by atoms with E-state index in [1.54, 1.807) is 13.8 Å². The number of hydrogen-bond acceptors (Lipinski definition) is 5. The number of nitrogens with zero attached hydrogens (tertiary/aromatic N) is 1. The summed E-state index contributed by atoms with van der Waals surface area (Å²) in [4.78, 5) is 10.2. The Morgan fingerprint density at radius 2 is 2.05 bits per heavy atom. The summed E-state index contributed by atoms with van der Waals surface area (Å²) in [5.74, 6) is -0.0542. The molecule has 0 fully saturated rings. The number of nitro benzene ring substituents is 1. The lowest BCUT2D eigenvalue weighted by Crippen LogP contribution is -2.35. The fourth-order valence-electron chi connectivity index (χ4n) is 1.45. The second-order valence-electron chi connectivity index (χ2n) is 4.54. The first-order chi connectivity index (χ1) is 9.61. The van der Waals surface area contributed by atoms with Crippen molar-refractivity contribution >= 4 is 11.4 Å². The molecular weight excluding hydrogens is 293 g/mol. The van der Waals surface area contributed by atoms with Gasteiger partial charge in [-0.3, -0.25) is 10.1 Å². The van der Waals surface area contributed by atoms with Gasteiger partial charge in [0.05, 0.1) is 11.0 Å². The zero-order valence-corrected chi connectivity index (χ0v) is 11.3. The Morgan fingerprint density at radius 1 is 1.43 bits per heavy atom. The van der Waals surface area contributed by atoms with Gasteiger partial charge in [0, 0.05) is 24.4 Å². The summed E-state index contributed by atoms with van der Waals surface area (Å²) in [5.41, 5.74) is -0.106. The van der Waals surface area contributed by atoms with Gasteiger partial charge in [-0.25, -0.2) is 0 Å². The van der Waals surface area contributed by atoms with Crippen LogP contribution in [0.15, 0.2) is 18.2 Å². The average molecular weight is 308 g/mol. The molecule has 0 aliphatic heterocycles. The molecule has 6 nitrogen and oxygen atoms in total. The minimum atomic E-state index is -4.73. The fraction of sp³-hybridized carbons (Fsp3) is 0.500. The van der Waals surface area contributed by atoms with Gasteiger partial charge in [0.15, 0.2) is 11.9 Å². The third kappa shape index (κ3) is 5.10. The van der Waals surface area contributed by atoms with Gasteiger partial charge < -0.3 is 15.2 Å². The largest absolute Gasteiger partial charge is 0.484 e. The van der Waals surface area contributed by atoms with E-state index in [4.69, 9.17) is 9.84 Å². The van der Waals surface area contributed by atoms with Crippen LogP contribution in [0.5, 0.6) is 5.75 Å². The standard InChI is InChI=1S/C12H15F3N2O4/c1-7(2)21-10-5-8(3-4-9(10)17(19)20)16-6-11(18)12(13,14)15/h3-5,7,11,16,18H,6H2,1-2H3. The van der Waals surface area contributed by atoms with Gasteiger partial charge in [-0.1, -0.05) is 0 Å². The molecule has 0 aliphatic carbocycles. The maximum absolute atomic E-state index is 12.2. The molecule has 0 saturated carbocycles. The Hall–Kier alpha value is -2.03. The van der Waals surface area contributed by atoms with Crippen LogP contribution < -0.4 is 10.1 Å². The molecule has 1 aromatic carbocycles. The van der Waals surface area contributed by atoms with Gasteiger partial charge in [-0.05, 0) is 19.9 Å². The number of hydrogen-bond donors (Lipinski definition) is 2. The first-order valence-electron chi connectivity index (χ1n) is 6.05. The van der Waals surface area contributed by atoms with E-state index in [2.05, 4.69) is 5.32 Å². The molecule has 0 heterocycles. The van der Waals surface area contributed by atoms with Gasteiger partial charge in [-0.2, -0.15) is 13.2 Å². The van der Waals surface area contributed by atoms with E-state index in [1.807, 2.05) is 0 Å². The molecule has 118 valence electrons. The first-order valence-corrected chi connectivity index (χ1v) is 6.05. The molecule has 0 amide bonds. The molecule has 0 saturated heterocycles. The van der Waals surface area contributed by atoms with Crippen molar-refractivity contribution in [2.24, 2.45) is 0 Å². The summed E-state index contributed by atoms with van der Waals surface area (Å²) in [6.07, 6.45) is -7.59. The molecule has 0 aliphatic rings. The molecule has 21 heavy (non-hydrogen) atoms. The maximum atomic E-state index is 12.2. The van der Waals surface area contributed by atoms with Crippen molar-refractivity contribution in [3.05, 3.63) is 28.3 Å². The van der Waals surface area contributed by atoms with Crippen molar-refractivity contribution in [3.8, 4) is 5.75 Å². The van der Waals surface area contributed by atoms with Gasteiger partial charge in [0.1, 0.15) is 0 Å². The SMILES string of the molecule is CC(C)Oc1cc(NCC(O)C(F)(F)F)ccc1[N+](=O)[O-]. The van der Waals surface area contributed by atoms with Crippen LogP contribution >= 0.6 is 0 Å². The summed E-state index contributed by atoms with van der Waals surface area (Å²) in [6, 6.07) is 3.59. The van der Waals surface area contributed by atoms with E-state index < -0.39 is 23.7 Å². The highest BCUT2D eigenvalue weighted by Crippen LogP contribution is 2.31. The monoisotopic (exact) mass is 308 g/mol. The quantitative estimate of drug-likeness (QED) is 0.623. The summed E-state index contributed by atoms with van der Waals surface area (Å²) in [6.45, 7) is 2.57. The van der Waals surface area contributed by atoms with E-state index >= 15 is 0 Å². The van der Waals surface area contributed by atoms with E-state index in [1.165, 1.54) is 12.1 Å². The van der Waals surface area contributed by atoms with Crippen LogP contribution in [0.2, 0.25) is 0 Å². The van der Waals surface area contributed by atoms with Crippen LogP contribution in [0.1, 0.15) is 13.8 Å². The van der Waals surface area contributed by atoms with Crippen molar-refractivity contribution in [1.82, 2.24) is 0 Å². The van der Waals surface area contributed by atoms with Crippen molar-refractivity contribution < 1.29 is 27.9 Å². The zero-order chi connectivity index (χ0) is 16.2. The van der Waals surface area contributed by atoms with Crippen molar-refractivity contribution in [2.75, 3.05) is 11.9 Å². The highest BCUT2D eigenvalue weighted by atomic mass is 19.4. The lowest BCUT2D eigenvalue weighted by molar-refractivity contribution is -0.386. The molecule has 1 rings (SSSR count). The van der Waals surface area contributed by atoms with E-state index in [-0.39, 0.29) is 23.2 Å². The molecular formula is C12H15F3N2O4. The van der Waals surface area contributed by atoms with Crippen LogP contribution in [0.25, 0.3) is 0 Å². The molecule has 2 N–H and O–H groups in total. The summed E-state index contributed by atoms with van der Waals surface area (Å²) < 4.78 is 41.8. The topological polar surface area (TPSA) is 84.6 Å². The van der Waals surface area contributed by atoms with Crippen LogP contribution in [-0.4, -0.2) is 35.0 Å². The van der Waals surface area contributed by atoms with Gasteiger partial charge in [0.2, 0.25) is 0 Å². The number of anilines is 1. The fourth-order valence-corrected chi connectivity index (χ4v) is 1.45. The smallest absolute Gasteiger partial charge is 0.416 e. The van der Waals surface area contributed by atoms with Crippen LogP contribution in [-0.2, 0) is 0 Å². The second-order valence-corrected chi connectivity index (χ2v) is 4.54. The predicted octanol–water partition coefficient (Wildman–Crippen LogP) is 2.72.